The molecule has 3 aromatic rings. The van der Waals surface area contributed by atoms with Crippen molar-refractivity contribution in [2.24, 2.45) is 5.10 Å². The Morgan fingerprint density at radius 1 is 1.28 bits per heavy atom. The van der Waals surface area contributed by atoms with Gasteiger partial charge in [-0.3, -0.25) is 4.79 Å². The summed E-state index contributed by atoms with van der Waals surface area (Å²) in [5, 5.41) is 5.35. The molecule has 1 aromatic heterocycles. The molecule has 6 nitrogen and oxygen atoms in total. The van der Waals surface area contributed by atoms with Crippen molar-refractivity contribution in [1.82, 2.24) is 9.66 Å². The molecule has 170 valence electrons. The van der Waals surface area contributed by atoms with E-state index in [1.165, 1.54) is 4.68 Å². The van der Waals surface area contributed by atoms with E-state index in [4.69, 9.17) is 21.1 Å². The summed E-state index contributed by atoms with van der Waals surface area (Å²) in [6.07, 6.45) is 3.82. The molecule has 9 heteroatoms. The van der Waals surface area contributed by atoms with Crippen molar-refractivity contribution in [2.75, 3.05) is 7.11 Å². The predicted molar refractivity (Wildman–Crippen MR) is 137 cm³/mol. The van der Waals surface area contributed by atoms with Gasteiger partial charge in [0.05, 0.1) is 30.3 Å². The van der Waals surface area contributed by atoms with Crippen LogP contribution in [0.4, 0.5) is 0 Å². The molecule has 0 spiro atoms. The van der Waals surface area contributed by atoms with Crippen LogP contribution in [-0.4, -0.2) is 29.1 Å². The van der Waals surface area contributed by atoms with E-state index in [9.17, 15) is 4.79 Å². The number of hydrogen-bond donors (Lipinski definition) is 0. The number of halogens is 3. The average molecular weight is 586 g/mol. The first kappa shape index (κ1) is 24.7. The van der Waals surface area contributed by atoms with Gasteiger partial charge < -0.3 is 9.47 Å². The Balaban J connectivity index is 2.12. The molecule has 0 amide bonds. The van der Waals surface area contributed by atoms with Gasteiger partial charge in [0.2, 0.25) is 0 Å². The summed E-state index contributed by atoms with van der Waals surface area (Å²) >= 11 is 13.5. The fourth-order valence-electron chi connectivity index (χ4n) is 3.06. The first-order chi connectivity index (χ1) is 15.3. The van der Waals surface area contributed by atoms with E-state index >= 15 is 0 Å². The van der Waals surface area contributed by atoms with Gasteiger partial charge in [-0.1, -0.05) is 41.4 Å². The molecule has 0 N–H and O–H groups in total. The molecule has 0 fully saturated rings. The molecule has 32 heavy (non-hydrogen) atoms. The molecule has 3 rings (SSSR count). The van der Waals surface area contributed by atoms with Crippen molar-refractivity contribution in [1.29, 1.82) is 0 Å². The van der Waals surface area contributed by atoms with Gasteiger partial charge in [0.1, 0.15) is 10.8 Å². The molecule has 0 aliphatic carbocycles. The molecule has 0 unspecified atom stereocenters. The molecule has 1 heterocycles. The summed E-state index contributed by atoms with van der Waals surface area (Å²) in [7, 11) is 1.55. The zero-order chi connectivity index (χ0) is 23.4. The van der Waals surface area contributed by atoms with Gasteiger partial charge in [-0.2, -0.15) is 9.78 Å². The first-order valence-corrected chi connectivity index (χ1v) is 12.2. The standard InChI is InChI=1S/C23H24Br2ClN3O3/c1-5-7-19-28-17-9-8-15(24)11-16(17)23(30)29(19)27-12-14-10-18(31-4)22(21(26)20(14)25)32-13(3)6-2/h8-13H,5-7H2,1-4H3/t13-/m1/s1. The van der Waals surface area contributed by atoms with Crippen LogP contribution in [0.25, 0.3) is 10.9 Å². The number of nitrogens with zero attached hydrogens (tertiary/aromatic N) is 3. The molecule has 0 radical (unpaired) electrons. The molecular formula is C23H24Br2ClN3O3. The second kappa shape index (κ2) is 10.8. The minimum atomic E-state index is -0.234. The Kier molecular flexibility index (Phi) is 8.36. The van der Waals surface area contributed by atoms with Gasteiger partial charge in [-0.15, -0.1) is 0 Å². The quantitative estimate of drug-likeness (QED) is 0.280. The molecule has 0 saturated heterocycles. The molecular weight excluding hydrogens is 562 g/mol. The van der Waals surface area contributed by atoms with Crippen LogP contribution in [0.3, 0.4) is 0 Å². The second-order valence-electron chi connectivity index (χ2n) is 7.26. The van der Waals surface area contributed by atoms with E-state index in [1.807, 2.05) is 32.9 Å². The third kappa shape index (κ3) is 5.18. The number of ether oxygens (including phenoxy) is 2. The summed E-state index contributed by atoms with van der Waals surface area (Å²) in [5.41, 5.74) is 1.06. The maximum absolute atomic E-state index is 13.2. The molecule has 0 bridgehead atoms. The second-order valence-corrected chi connectivity index (χ2v) is 9.35. The summed E-state index contributed by atoms with van der Waals surface area (Å²) in [6.45, 7) is 6.03. The summed E-state index contributed by atoms with van der Waals surface area (Å²) in [4.78, 5) is 17.8. The summed E-state index contributed by atoms with van der Waals surface area (Å²) in [6, 6.07) is 7.22. The van der Waals surface area contributed by atoms with Crippen LogP contribution < -0.4 is 15.0 Å². The normalized spacial score (nSPS) is 12.5. The smallest absolute Gasteiger partial charge is 0.282 e. The zero-order valence-corrected chi connectivity index (χ0v) is 22.2. The topological polar surface area (TPSA) is 65.7 Å². The van der Waals surface area contributed by atoms with Crippen molar-refractivity contribution in [3.05, 3.63) is 60.0 Å². The van der Waals surface area contributed by atoms with Crippen LogP contribution in [0, 0.1) is 0 Å². The summed E-state index contributed by atoms with van der Waals surface area (Å²) in [5.74, 6) is 1.55. The van der Waals surface area contributed by atoms with Crippen molar-refractivity contribution >= 4 is 60.6 Å². The fraction of sp³-hybridized carbons (Fsp3) is 0.348. The number of rotatable bonds is 8. The van der Waals surface area contributed by atoms with Gasteiger partial charge in [0.25, 0.3) is 5.56 Å². The van der Waals surface area contributed by atoms with E-state index < -0.39 is 0 Å². The van der Waals surface area contributed by atoms with Crippen LogP contribution in [0.15, 0.2) is 43.1 Å². The van der Waals surface area contributed by atoms with Gasteiger partial charge in [-0.25, -0.2) is 4.98 Å². The maximum Gasteiger partial charge on any atom is 0.282 e. The van der Waals surface area contributed by atoms with Crippen LogP contribution in [-0.2, 0) is 6.42 Å². The van der Waals surface area contributed by atoms with Gasteiger partial charge >= 0.3 is 0 Å². The van der Waals surface area contributed by atoms with Crippen molar-refractivity contribution in [2.45, 2.75) is 46.1 Å². The van der Waals surface area contributed by atoms with E-state index in [2.05, 4.69) is 41.9 Å². The fourth-order valence-corrected chi connectivity index (χ4v) is 4.07. The predicted octanol–water partition coefficient (Wildman–Crippen LogP) is 6.60. The monoisotopic (exact) mass is 583 g/mol. The lowest BCUT2D eigenvalue weighted by atomic mass is 10.2. The Morgan fingerprint density at radius 2 is 2.03 bits per heavy atom. The Hall–Kier alpha value is -1.90. The van der Waals surface area contributed by atoms with Crippen molar-refractivity contribution in [3.8, 4) is 11.5 Å². The lowest BCUT2D eigenvalue weighted by molar-refractivity contribution is 0.207. The van der Waals surface area contributed by atoms with Crippen LogP contribution >= 0.6 is 43.5 Å². The van der Waals surface area contributed by atoms with Crippen LogP contribution in [0.1, 0.15) is 45.0 Å². The van der Waals surface area contributed by atoms with Gasteiger partial charge in [0, 0.05) is 20.9 Å². The van der Waals surface area contributed by atoms with E-state index in [1.54, 1.807) is 25.5 Å². The molecule has 0 aliphatic heterocycles. The van der Waals surface area contributed by atoms with Crippen LogP contribution in [0.5, 0.6) is 11.5 Å². The third-order valence-corrected chi connectivity index (χ3v) is 6.87. The highest BCUT2D eigenvalue weighted by Gasteiger charge is 2.19. The number of fused-ring (bicyclic) bond motifs is 1. The highest BCUT2D eigenvalue weighted by atomic mass is 79.9. The molecule has 0 saturated carbocycles. The average Bonchev–Trinajstić information content (AvgIpc) is 2.78. The highest BCUT2D eigenvalue weighted by Crippen LogP contribution is 2.42. The van der Waals surface area contributed by atoms with Gasteiger partial charge in [0.15, 0.2) is 11.5 Å². The number of aryl methyl sites for hydroxylation is 1. The number of hydrogen-bond acceptors (Lipinski definition) is 5. The lowest BCUT2D eigenvalue weighted by Crippen LogP contribution is -2.22. The van der Waals surface area contributed by atoms with E-state index in [0.717, 1.165) is 17.3 Å². The number of benzene rings is 2. The lowest BCUT2D eigenvalue weighted by Gasteiger charge is -2.18. The minimum Gasteiger partial charge on any atom is -0.493 e. The van der Waals surface area contributed by atoms with E-state index in [-0.39, 0.29) is 11.7 Å². The Morgan fingerprint density at radius 3 is 2.69 bits per heavy atom. The van der Waals surface area contributed by atoms with Crippen LogP contribution in [0.2, 0.25) is 5.02 Å². The number of aromatic nitrogens is 2. The van der Waals surface area contributed by atoms with Crippen molar-refractivity contribution in [3.63, 3.8) is 0 Å². The van der Waals surface area contributed by atoms with Gasteiger partial charge in [-0.05, 0) is 60.0 Å². The third-order valence-electron chi connectivity index (χ3n) is 4.93. The van der Waals surface area contributed by atoms with Crippen molar-refractivity contribution < 1.29 is 9.47 Å². The summed E-state index contributed by atoms with van der Waals surface area (Å²) < 4.78 is 14.2. The molecule has 0 aliphatic rings. The number of methoxy groups -OCH3 is 1. The Bertz CT molecular complexity index is 1230. The largest absolute Gasteiger partial charge is 0.493 e. The zero-order valence-electron chi connectivity index (χ0n) is 18.3. The maximum atomic E-state index is 13.2. The highest BCUT2D eigenvalue weighted by molar-refractivity contribution is 9.10. The Labute approximate surface area is 208 Å². The first-order valence-electron chi connectivity index (χ1n) is 10.3. The molecule has 2 aromatic carbocycles. The minimum absolute atomic E-state index is 0.0222. The molecule has 1 atom stereocenters. The SMILES string of the molecule is CCCc1nc2ccc(Br)cc2c(=O)n1N=Cc1cc(OC)c(O[C@H](C)CC)c(Cl)c1Br. The van der Waals surface area contributed by atoms with E-state index in [0.29, 0.717) is 49.7 Å².